The third-order valence-corrected chi connectivity index (χ3v) is 3.53. The van der Waals surface area contributed by atoms with Gasteiger partial charge in [0, 0.05) is 26.0 Å². The normalized spacial score (nSPS) is 10.3. The molecule has 0 aromatic rings. The van der Waals surface area contributed by atoms with Crippen molar-refractivity contribution in [3.05, 3.63) is 0 Å². The molecule has 0 radical (unpaired) electrons. The molecule has 0 aliphatic heterocycles. The van der Waals surface area contributed by atoms with Crippen molar-refractivity contribution in [3.8, 4) is 0 Å². The summed E-state index contributed by atoms with van der Waals surface area (Å²) in [6.07, 6.45) is 10.7. The van der Waals surface area contributed by atoms with Gasteiger partial charge in [0.05, 0.1) is 0 Å². The Balaban J connectivity index is -0.000000710. The number of carbonyl (C=O) groups is 3. The number of thioether (sulfide) groups is 1. The average molecular weight is 352 g/mol. The van der Waals surface area contributed by atoms with E-state index in [-0.39, 0.29) is 18.4 Å². The zero-order chi connectivity index (χ0) is 18.3. The Morgan fingerprint density at radius 3 is 2.17 bits per heavy atom. The summed E-state index contributed by atoms with van der Waals surface area (Å²) >= 11 is 1.81. The van der Waals surface area contributed by atoms with Crippen LogP contribution in [0.3, 0.4) is 0 Å². The number of carbonyl (C=O) groups excluding carboxylic acids is 2. The average Bonchev–Trinajstić information content (AvgIpc) is 2.54. The number of aliphatic hydroxyl groups excluding tert-OH is 1. The van der Waals surface area contributed by atoms with E-state index >= 15 is 0 Å². The van der Waals surface area contributed by atoms with Gasteiger partial charge in [0.2, 0.25) is 5.91 Å². The first kappa shape index (κ1) is 26.8. The van der Waals surface area contributed by atoms with Crippen LogP contribution in [0.15, 0.2) is 0 Å². The molecular formula is C16H33NO5S. The second-order valence-corrected chi connectivity index (χ2v) is 5.81. The molecule has 0 spiro atoms. The van der Waals surface area contributed by atoms with Crippen molar-refractivity contribution >= 4 is 30.4 Å². The number of amides is 1. The summed E-state index contributed by atoms with van der Waals surface area (Å²) in [5, 5.41) is 16.9. The zero-order valence-electron chi connectivity index (χ0n) is 14.6. The molecule has 0 aromatic heterocycles. The molecule has 0 aromatic carbocycles. The topological polar surface area (TPSA) is 104 Å². The maximum absolute atomic E-state index is 11.6. The number of nitrogens with one attached hydrogen (secondary N) is 1. The van der Waals surface area contributed by atoms with E-state index < -0.39 is 0 Å². The predicted octanol–water partition coefficient (Wildman–Crippen LogP) is 2.48. The van der Waals surface area contributed by atoms with Crippen molar-refractivity contribution in [2.75, 3.05) is 19.1 Å². The molecule has 7 heteroatoms. The lowest BCUT2D eigenvalue weighted by molar-refractivity contribution is -0.123. The minimum absolute atomic E-state index is 0.177. The third kappa shape index (κ3) is 29.5. The molecule has 0 aliphatic rings. The van der Waals surface area contributed by atoms with E-state index in [2.05, 4.69) is 18.5 Å². The molecule has 0 unspecified atom stereocenters. The van der Waals surface area contributed by atoms with Gasteiger partial charge < -0.3 is 20.3 Å². The maximum atomic E-state index is 11.6. The van der Waals surface area contributed by atoms with E-state index in [0.29, 0.717) is 12.8 Å². The molecular weight excluding hydrogens is 318 g/mol. The number of aliphatic hydroxyl groups is 1. The van der Waals surface area contributed by atoms with E-state index in [1.807, 2.05) is 11.8 Å². The zero-order valence-corrected chi connectivity index (χ0v) is 15.4. The van der Waals surface area contributed by atoms with Gasteiger partial charge in [0.25, 0.3) is 6.47 Å². The van der Waals surface area contributed by atoms with Crippen molar-refractivity contribution < 1.29 is 24.6 Å². The molecule has 6 nitrogen and oxygen atoms in total. The molecule has 138 valence electrons. The molecule has 1 amide bonds. The van der Waals surface area contributed by atoms with Crippen LogP contribution >= 0.6 is 11.8 Å². The largest absolute Gasteiger partial charge is 0.483 e. The smallest absolute Gasteiger partial charge is 0.290 e. The summed E-state index contributed by atoms with van der Waals surface area (Å²) in [6.45, 7) is 1.81. The van der Waals surface area contributed by atoms with E-state index in [0.717, 1.165) is 57.7 Å². The van der Waals surface area contributed by atoms with Gasteiger partial charge in [0.1, 0.15) is 6.29 Å². The van der Waals surface area contributed by atoms with Crippen molar-refractivity contribution in [1.29, 1.82) is 0 Å². The van der Waals surface area contributed by atoms with Crippen LogP contribution in [0.25, 0.3) is 0 Å². The van der Waals surface area contributed by atoms with Gasteiger partial charge in [-0.05, 0) is 38.2 Å². The molecule has 0 fully saturated rings. The summed E-state index contributed by atoms with van der Waals surface area (Å²) < 4.78 is 0. The fourth-order valence-electron chi connectivity index (χ4n) is 1.76. The number of aldehydes is 1. The molecule has 0 aliphatic carbocycles. The lowest BCUT2D eigenvalue weighted by Gasteiger charge is -2.12. The molecule has 0 saturated heterocycles. The van der Waals surface area contributed by atoms with Gasteiger partial charge in [0.15, 0.2) is 0 Å². The van der Waals surface area contributed by atoms with E-state index in [9.17, 15) is 9.59 Å². The number of rotatable bonds is 12. The second-order valence-electron chi connectivity index (χ2n) is 4.83. The Morgan fingerprint density at radius 2 is 1.65 bits per heavy atom. The Hall–Kier alpha value is -1.08. The summed E-state index contributed by atoms with van der Waals surface area (Å²) in [4.78, 5) is 30.1. The van der Waals surface area contributed by atoms with Crippen molar-refractivity contribution in [2.24, 2.45) is 0 Å². The van der Waals surface area contributed by atoms with Crippen LogP contribution < -0.4 is 5.32 Å². The molecule has 0 rings (SSSR count). The van der Waals surface area contributed by atoms with Crippen LogP contribution in [0.2, 0.25) is 0 Å². The molecule has 3 N–H and O–H groups in total. The van der Waals surface area contributed by atoms with Gasteiger partial charge in [-0.2, -0.15) is 11.8 Å². The number of carboxylic acid groups (broad SMARTS) is 1. The van der Waals surface area contributed by atoms with Crippen LogP contribution in [0, 0.1) is 0 Å². The van der Waals surface area contributed by atoms with Crippen molar-refractivity contribution in [3.63, 3.8) is 0 Å². The number of unbranched alkanes of at least 4 members (excludes halogenated alkanes) is 5. The van der Waals surface area contributed by atoms with Gasteiger partial charge in [-0.1, -0.05) is 19.3 Å². The maximum Gasteiger partial charge on any atom is 0.290 e. The van der Waals surface area contributed by atoms with E-state index in [1.54, 1.807) is 0 Å². The summed E-state index contributed by atoms with van der Waals surface area (Å²) in [7, 11) is 1.00. The SMILES string of the molecule is CO.CSCC[C@@H](C)NC(=O)CCCCCCCC=O.O=CO. The fourth-order valence-corrected chi connectivity index (χ4v) is 2.35. The lowest BCUT2D eigenvalue weighted by atomic mass is 10.1. The number of hydrogen-bond donors (Lipinski definition) is 3. The van der Waals surface area contributed by atoms with E-state index in [4.69, 9.17) is 15.0 Å². The Labute approximate surface area is 144 Å². The fraction of sp³-hybridized carbons (Fsp3) is 0.812. The highest BCUT2D eigenvalue weighted by molar-refractivity contribution is 7.98. The Morgan fingerprint density at radius 1 is 1.13 bits per heavy atom. The van der Waals surface area contributed by atoms with Crippen LogP contribution in [-0.4, -0.2) is 54.0 Å². The van der Waals surface area contributed by atoms with Crippen LogP contribution in [-0.2, 0) is 14.4 Å². The highest BCUT2D eigenvalue weighted by Crippen LogP contribution is 2.07. The first-order chi connectivity index (χ1) is 11.1. The Kier molecular flexibility index (Phi) is 30.1. The molecule has 0 saturated carbocycles. The van der Waals surface area contributed by atoms with Crippen LogP contribution in [0.4, 0.5) is 0 Å². The molecule has 0 bridgehead atoms. The van der Waals surface area contributed by atoms with Crippen LogP contribution in [0.5, 0.6) is 0 Å². The van der Waals surface area contributed by atoms with Gasteiger partial charge in [-0.3, -0.25) is 9.59 Å². The first-order valence-corrected chi connectivity index (χ1v) is 9.26. The predicted molar refractivity (Wildman–Crippen MR) is 95.8 cm³/mol. The second kappa shape index (κ2) is 25.9. The summed E-state index contributed by atoms with van der Waals surface area (Å²) in [6, 6.07) is 0.289. The number of hydrogen-bond acceptors (Lipinski definition) is 5. The Bertz CT molecular complexity index is 265. The highest BCUT2D eigenvalue weighted by Gasteiger charge is 2.06. The molecule has 0 heterocycles. The first-order valence-electron chi connectivity index (χ1n) is 7.86. The monoisotopic (exact) mass is 351 g/mol. The van der Waals surface area contributed by atoms with Gasteiger partial charge in [-0.15, -0.1) is 0 Å². The quantitative estimate of drug-likeness (QED) is 0.369. The lowest BCUT2D eigenvalue weighted by Crippen LogP contribution is -2.32. The van der Waals surface area contributed by atoms with Crippen molar-refractivity contribution in [2.45, 2.75) is 64.3 Å². The van der Waals surface area contributed by atoms with Gasteiger partial charge >= 0.3 is 0 Å². The van der Waals surface area contributed by atoms with E-state index in [1.165, 1.54) is 0 Å². The standard InChI is InChI=1S/C14H27NO2S.CH2O2.CH4O/c1-13(10-12-18-2)15-14(17)9-7-5-3-4-6-8-11-16;2-1-3;1-2/h11,13H,3-10,12H2,1-2H3,(H,15,17);1H,(H,2,3);2H,1H3/t13-;;/m1../s1. The highest BCUT2D eigenvalue weighted by atomic mass is 32.2. The van der Waals surface area contributed by atoms with Gasteiger partial charge in [-0.25, -0.2) is 0 Å². The summed E-state index contributed by atoms with van der Waals surface area (Å²) in [5.41, 5.74) is 0. The van der Waals surface area contributed by atoms with Crippen LogP contribution in [0.1, 0.15) is 58.3 Å². The third-order valence-electron chi connectivity index (χ3n) is 2.89. The molecule has 23 heavy (non-hydrogen) atoms. The minimum atomic E-state index is -0.250. The summed E-state index contributed by atoms with van der Waals surface area (Å²) in [5.74, 6) is 1.27. The molecule has 1 atom stereocenters. The van der Waals surface area contributed by atoms with Crippen molar-refractivity contribution in [1.82, 2.24) is 5.32 Å². The minimum Gasteiger partial charge on any atom is -0.483 e.